The highest BCUT2D eigenvalue weighted by molar-refractivity contribution is 5.81. The molecule has 0 atom stereocenters. The van der Waals surface area contributed by atoms with Gasteiger partial charge in [-0.1, -0.05) is 25.8 Å². The minimum atomic E-state index is 0.692. The van der Waals surface area contributed by atoms with Crippen LogP contribution in [-0.4, -0.2) is 11.1 Å². The molecule has 19 heavy (non-hydrogen) atoms. The number of rotatable bonds is 5. The summed E-state index contributed by atoms with van der Waals surface area (Å²) in [5, 5.41) is 4.77. The van der Waals surface area contributed by atoms with Crippen LogP contribution in [0.3, 0.4) is 0 Å². The van der Waals surface area contributed by atoms with E-state index in [-0.39, 0.29) is 0 Å². The van der Waals surface area contributed by atoms with Crippen molar-refractivity contribution < 1.29 is 0 Å². The standard InChI is InChI=1S/C17H22N2/c1-4-5-9-19-10-8-16-11-15(6-7-17(16)19)13-18-12-14(2)3/h6-8,10-11,14,18H,9,12-13H2,1-3H3. The highest BCUT2D eigenvalue weighted by Gasteiger charge is 2.01. The van der Waals surface area contributed by atoms with Crippen molar-refractivity contribution in [3.05, 3.63) is 36.0 Å². The summed E-state index contributed by atoms with van der Waals surface area (Å²) in [5.41, 5.74) is 2.60. The maximum Gasteiger partial charge on any atom is 0.0837 e. The van der Waals surface area contributed by atoms with Crippen molar-refractivity contribution >= 4 is 10.9 Å². The molecule has 0 unspecified atom stereocenters. The van der Waals surface area contributed by atoms with E-state index in [1.54, 1.807) is 0 Å². The minimum Gasteiger partial charge on any atom is -0.336 e. The van der Waals surface area contributed by atoms with Gasteiger partial charge in [0.25, 0.3) is 0 Å². The van der Waals surface area contributed by atoms with Crippen LogP contribution in [0.1, 0.15) is 26.3 Å². The van der Waals surface area contributed by atoms with E-state index in [2.05, 4.69) is 66.0 Å². The molecule has 0 saturated carbocycles. The van der Waals surface area contributed by atoms with Gasteiger partial charge in [-0.05, 0) is 48.5 Å². The van der Waals surface area contributed by atoms with Crippen LogP contribution in [0, 0.1) is 17.8 Å². The Morgan fingerprint density at radius 2 is 2.11 bits per heavy atom. The Labute approximate surface area is 115 Å². The molecule has 0 aliphatic rings. The predicted octanol–water partition coefficient (Wildman–Crippen LogP) is 3.41. The van der Waals surface area contributed by atoms with Gasteiger partial charge in [0.1, 0.15) is 0 Å². The number of nitrogens with zero attached hydrogens (tertiary/aromatic N) is 1. The second kappa shape index (κ2) is 6.45. The Kier molecular flexibility index (Phi) is 4.65. The SMILES string of the molecule is CC#CCn1ccc2cc(CNCC(C)C)ccc21. The van der Waals surface area contributed by atoms with Crippen LogP contribution in [0.5, 0.6) is 0 Å². The Bertz CT molecular complexity index is 596. The van der Waals surface area contributed by atoms with Crippen LogP contribution in [0.15, 0.2) is 30.5 Å². The normalized spacial score (nSPS) is 10.7. The van der Waals surface area contributed by atoms with Gasteiger partial charge in [-0.25, -0.2) is 0 Å². The van der Waals surface area contributed by atoms with Gasteiger partial charge in [0.15, 0.2) is 0 Å². The summed E-state index contributed by atoms with van der Waals surface area (Å²) >= 11 is 0. The molecular weight excluding hydrogens is 232 g/mol. The molecular formula is C17H22N2. The molecule has 1 aromatic carbocycles. The van der Waals surface area contributed by atoms with E-state index in [4.69, 9.17) is 0 Å². The van der Waals surface area contributed by atoms with Crippen molar-refractivity contribution in [1.29, 1.82) is 0 Å². The molecule has 2 rings (SSSR count). The molecule has 1 aromatic heterocycles. The summed E-state index contributed by atoms with van der Waals surface area (Å²) in [6.45, 7) is 9.10. The predicted molar refractivity (Wildman–Crippen MR) is 81.9 cm³/mol. The first kappa shape index (κ1) is 13.7. The average molecular weight is 254 g/mol. The second-order valence-electron chi connectivity index (χ2n) is 5.29. The lowest BCUT2D eigenvalue weighted by molar-refractivity contribution is 0.552. The zero-order valence-corrected chi connectivity index (χ0v) is 12.0. The van der Waals surface area contributed by atoms with Gasteiger partial charge in [0, 0.05) is 18.3 Å². The van der Waals surface area contributed by atoms with E-state index < -0.39 is 0 Å². The average Bonchev–Trinajstić information content (AvgIpc) is 2.78. The van der Waals surface area contributed by atoms with E-state index in [0.29, 0.717) is 5.92 Å². The lowest BCUT2D eigenvalue weighted by Gasteiger charge is -2.08. The molecule has 0 spiro atoms. The summed E-state index contributed by atoms with van der Waals surface area (Å²) in [7, 11) is 0. The molecule has 0 saturated heterocycles. The van der Waals surface area contributed by atoms with Crippen molar-refractivity contribution in [3.8, 4) is 11.8 Å². The fourth-order valence-corrected chi connectivity index (χ4v) is 2.17. The van der Waals surface area contributed by atoms with Crippen LogP contribution >= 0.6 is 0 Å². The third-order valence-corrected chi connectivity index (χ3v) is 3.14. The molecule has 1 heterocycles. The molecule has 0 fully saturated rings. The molecule has 1 N–H and O–H groups in total. The largest absolute Gasteiger partial charge is 0.336 e. The number of fused-ring (bicyclic) bond motifs is 1. The zero-order chi connectivity index (χ0) is 13.7. The van der Waals surface area contributed by atoms with Gasteiger partial charge in [0.2, 0.25) is 0 Å². The summed E-state index contributed by atoms with van der Waals surface area (Å²) in [6, 6.07) is 8.82. The molecule has 2 heteroatoms. The van der Waals surface area contributed by atoms with E-state index in [1.165, 1.54) is 16.5 Å². The van der Waals surface area contributed by atoms with Gasteiger partial charge in [0.05, 0.1) is 6.54 Å². The van der Waals surface area contributed by atoms with Crippen LogP contribution in [-0.2, 0) is 13.1 Å². The first-order valence-corrected chi connectivity index (χ1v) is 6.89. The maximum atomic E-state index is 3.48. The van der Waals surface area contributed by atoms with Crippen LogP contribution in [0.4, 0.5) is 0 Å². The van der Waals surface area contributed by atoms with E-state index in [0.717, 1.165) is 19.6 Å². The number of aromatic nitrogens is 1. The van der Waals surface area contributed by atoms with Crippen molar-refractivity contribution in [2.24, 2.45) is 5.92 Å². The topological polar surface area (TPSA) is 17.0 Å². The molecule has 100 valence electrons. The lowest BCUT2D eigenvalue weighted by atomic mass is 10.1. The lowest BCUT2D eigenvalue weighted by Crippen LogP contribution is -2.18. The first-order valence-electron chi connectivity index (χ1n) is 6.89. The van der Waals surface area contributed by atoms with Crippen molar-refractivity contribution in [1.82, 2.24) is 9.88 Å². The van der Waals surface area contributed by atoms with Gasteiger partial charge < -0.3 is 9.88 Å². The van der Waals surface area contributed by atoms with Crippen molar-refractivity contribution in [3.63, 3.8) is 0 Å². The summed E-state index contributed by atoms with van der Waals surface area (Å²) < 4.78 is 2.19. The Morgan fingerprint density at radius 1 is 1.26 bits per heavy atom. The van der Waals surface area contributed by atoms with Crippen molar-refractivity contribution in [2.45, 2.75) is 33.9 Å². The summed E-state index contributed by atoms with van der Waals surface area (Å²) in [4.78, 5) is 0. The number of benzene rings is 1. The van der Waals surface area contributed by atoms with E-state index >= 15 is 0 Å². The van der Waals surface area contributed by atoms with Gasteiger partial charge in [-0.15, -0.1) is 5.92 Å². The molecule has 0 amide bonds. The Balaban J connectivity index is 2.10. The van der Waals surface area contributed by atoms with Crippen molar-refractivity contribution in [2.75, 3.05) is 6.54 Å². The molecule has 0 aliphatic heterocycles. The molecule has 0 aliphatic carbocycles. The molecule has 2 nitrogen and oxygen atoms in total. The van der Waals surface area contributed by atoms with E-state index in [1.807, 2.05) is 6.92 Å². The Hall–Kier alpha value is -1.72. The smallest absolute Gasteiger partial charge is 0.0837 e. The quantitative estimate of drug-likeness (QED) is 0.809. The fourth-order valence-electron chi connectivity index (χ4n) is 2.17. The van der Waals surface area contributed by atoms with Crippen LogP contribution in [0.2, 0.25) is 0 Å². The van der Waals surface area contributed by atoms with Gasteiger partial charge in [-0.2, -0.15) is 0 Å². The first-order chi connectivity index (χ1) is 9.20. The zero-order valence-electron chi connectivity index (χ0n) is 12.0. The number of nitrogens with one attached hydrogen (secondary N) is 1. The van der Waals surface area contributed by atoms with Crippen LogP contribution in [0.25, 0.3) is 10.9 Å². The van der Waals surface area contributed by atoms with E-state index in [9.17, 15) is 0 Å². The minimum absolute atomic E-state index is 0.692. The van der Waals surface area contributed by atoms with Crippen LogP contribution < -0.4 is 5.32 Å². The fraction of sp³-hybridized carbons (Fsp3) is 0.412. The molecule has 0 radical (unpaired) electrons. The third-order valence-electron chi connectivity index (χ3n) is 3.14. The Morgan fingerprint density at radius 3 is 2.84 bits per heavy atom. The van der Waals surface area contributed by atoms with Gasteiger partial charge in [-0.3, -0.25) is 0 Å². The second-order valence-corrected chi connectivity index (χ2v) is 5.29. The third kappa shape index (κ3) is 3.62. The highest BCUT2D eigenvalue weighted by Crippen LogP contribution is 2.17. The number of hydrogen-bond acceptors (Lipinski definition) is 1. The summed E-state index contributed by atoms with van der Waals surface area (Å²) in [6.07, 6.45) is 2.11. The highest BCUT2D eigenvalue weighted by atomic mass is 14.9. The monoisotopic (exact) mass is 254 g/mol. The van der Waals surface area contributed by atoms with Gasteiger partial charge >= 0.3 is 0 Å². The maximum absolute atomic E-state index is 3.48. The molecule has 2 aromatic rings. The number of hydrogen-bond donors (Lipinski definition) is 1. The molecule has 0 bridgehead atoms. The summed E-state index contributed by atoms with van der Waals surface area (Å²) in [5.74, 6) is 6.74.